The molecule has 0 amide bonds. The van der Waals surface area contributed by atoms with Crippen molar-refractivity contribution >= 4 is 8.07 Å². The van der Waals surface area contributed by atoms with Gasteiger partial charge in [-0.3, -0.25) is 0 Å². The second-order valence-electron chi connectivity index (χ2n) is 6.12. The molecular formula is C16H23NSi. The molecule has 96 valence electrons. The van der Waals surface area contributed by atoms with Crippen LogP contribution in [0.3, 0.4) is 0 Å². The molecule has 0 fully saturated rings. The Bertz CT molecular complexity index is 480. The predicted molar refractivity (Wildman–Crippen MR) is 82.1 cm³/mol. The van der Waals surface area contributed by atoms with Gasteiger partial charge >= 0.3 is 0 Å². The van der Waals surface area contributed by atoms with E-state index in [0.717, 1.165) is 6.42 Å². The molecule has 1 aliphatic carbocycles. The molecule has 18 heavy (non-hydrogen) atoms. The Morgan fingerprint density at radius 1 is 1.17 bits per heavy atom. The topological polar surface area (TPSA) is 26.0 Å². The van der Waals surface area contributed by atoms with E-state index in [1.165, 1.54) is 11.1 Å². The number of rotatable bonds is 4. The van der Waals surface area contributed by atoms with Crippen molar-refractivity contribution in [2.45, 2.75) is 32.6 Å². The summed E-state index contributed by atoms with van der Waals surface area (Å²) in [6.45, 7) is 7.84. The minimum Gasteiger partial charge on any atom is -0.326 e. The lowest BCUT2D eigenvalue weighted by molar-refractivity contribution is 0.813. The first-order valence-corrected chi connectivity index (χ1v) is 10.2. The van der Waals surface area contributed by atoms with Crippen LogP contribution in [0.5, 0.6) is 0 Å². The van der Waals surface area contributed by atoms with Crippen LogP contribution in [-0.2, 0) is 13.0 Å². The van der Waals surface area contributed by atoms with E-state index >= 15 is 0 Å². The quantitative estimate of drug-likeness (QED) is 0.818. The molecular weight excluding hydrogens is 234 g/mol. The zero-order chi connectivity index (χ0) is 13.2. The van der Waals surface area contributed by atoms with Gasteiger partial charge in [0, 0.05) is 6.54 Å². The maximum atomic E-state index is 5.69. The maximum Gasteiger partial charge on any atom is 0.0771 e. The van der Waals surface area contributed by atoms with E-state index in [-0.39, 0.29) is 0 Å². The van der Waals surface area contributed by atoms with Crippen molar-refractivity contribution in [2.24, 2.45) is 11.7 Å². The van der Waals surface area contributed by atoms with Gasteiger partial charge in [0.2, 0.25) is 0 Å². The Labute approximate surface area is 111 Å². The molecule has 0 saturated carbocycles. The average Bonchev–Trinajstić information content (AvgIpc) is 2.77. The molecule has 2 heteroatoms. The Kier molecular flexibility index (Phi) is 3.88. The molecule has 2 rings (SSSR count). The lowest BCUT2D eigenvalue weighted by atomic mass is 9.99. The molecule has 1 aliphatic rings. The van der Waals surface area contributed by atoms with Gasteiger partial charge in [-0.25, -0.2) is 0 Å². The molecule has 1 atom stereocenters. The van der Waals surface area contributed by atoms with Gasteiger partial charge < -0.3 is 5.73 Å². The Hall–Kier alpha value is -1.12. The van der Waals surface area contributed by atoms with E-state index in [9.17, 15) is 0 Å². The van der Waals surface area contributed by atoms with Crippen molar-refractivity contribution in [1.82, 2.24) is 0 Å². The summed E-state index contributed by atoms with van der Waals surface area (Å²) in [7, 11) is -1.15. The minimum absolute atomic E-state index is 0.569. The molecule has 1 aromatic carbocycles. The lowest BCUT2D eigenvalue weighted by Gasteiger charge is -2.16. The van der Waals surface area contributed by atoms with Crippen LogP contribution in [0.15, 0.2) is 47.7 Å². The summed E-state index contributed by atoms with van der Waals surface area (Å²) < 4.78 is 0. The summed E-state index contributed by atoms with van der Waals surface area (Å²) >= 11 is 0. The van der Waals surface area contributed by atoms with Gasteiger partial charge in [0.1, 0.15) is 0 Å². The first-order valence-electron chi connectivity index (χ1n) is 6.67. The summed E-state index contributed by atoms with van der Waals surface area (Å²) in [5.74, 6) is 0.569. The SMILES string of the molecule is C[Si](C)(C)C1=CC(Cc2cccc(CN)c2)C=C1. The van der Waals surface area contributed by atoms with E-state index in [0.29, 0.717) is 12.5 Å². The predicted octanol–water partition coefficient (Wildman–Crippen LogP) is 3.68. The highest BCUT2D eigenvalue weighted by Crippen LogP contribution is 2.26. The number of allylic oxidation sites excluding steroid dienone is 4. The fraction of sp³-hybridized carbons (Fsp3) is 0.375. The van der Waals surface area contributed by atoms with Crippen LogP contribution in [0.1, 0.15) is 11.1 Å². The first-order chi connectivity index (χ1) is 8.49. The van der Waals surface area contributed by atoms with Crippen LogP contribution in [-0.4, -0.2) is 8.07 Å². The third-order valence-electron chi connectivity index (χ3n) is 3.48. The van der Waals surface area contributed by atoms with Crippen molar-refractivity contribution in [2.75, 3.05) is 0 Å². The van der Waals surface area contributed by atoms with E-state index in [2.05, 4.69) is 62.1 Å². The highest BCUT2D eigenvalue weighted by molar-refractivity contribution is 6.83. The van der Waals surface area contributed by atoms with Gasteiger partial charge in [0.15, 0.2) is 0 Å². The van der Waals surface area contributed by atoms with Gasteiger partial charge in [-0.1, -0.05) is 67.3 Å². The van der Waals surface area contributed by atoms with E-state index in [1.54, 1.807) is 5.20 Å². The van der Waals surface area contributed by atoms with Crippen LogP contribution in [0.4, 0.5) is 0 Å². The Morgan fingerprint density at radius 2 is 1.89 bits per heavy atom. The third-order valence-corrected chi connectivity index (χ3v) is 5.55. The van der Waals surface area contributed by atoms with Crippen molar-refractivity contribution in [3.8, 4) is 0 Å². The number of benzene rings is 1. The summed E-state index contributed by atoms with van der Waals surface area (Å²) in [5, 5.41) is 1.59. The minimum atomic E-state index is -1.15. The van der Waals surface area contributed by atoms with E-state index < -0.39 is 8.07 Å². The molecule has 0 bridgehead atoms. The zero-order valence-corrected chi connectivity index (χ0v) is 12.6. The molecule has 0 radical (unpaired) electrons. The second kappa shape index (κ2) is 5.25. The fourth-order valence-electron chi connectivity index (χ4n) is 2.35. The lowest BCUT2D eigenvalue weighted by Crippen LogP contribution is -2.22. The second-order valence-corrected chi connectivity index (χ2v) is 11.2. The monoisotopic (exact) mass is 257 g/mol. The average molecular weight is 257 g/mol. The fourth-order valence-corrected chi connectivity index (χ4v) is 3.66. The van der Waals surface area contributed by atoms with E-state index in [1.807, 2.05) is 0 Å². The maximum absolute atomic E-state index is 5.69. The van der Waals surface area contributed by atoms with E-state index in [4.69, 9.17) is 5.73 Å². The molecule has 0 spiro atoms. The molecule has 0 heterocycles. The van der Waals surface area contributed by atoms with Crippen LogP contribution in [0.25, 0.3) is 0 Å². The molecule has 1 aromatic rings. The zero-order valence-electron chi connectivity index (χ0n) is 11.6. The Balaban J connectivity index is 2.08. The normalized spacial score (nSPS) is 19.1. The highest BCUT2D eigenvalue weighted by Gasteiger charge is 2.21. The number of hydrogen-bond acceptors (Lipinski definition) is 1. The van der Waals surface area contributed by atoms with Crippen LogP contribution < -0.4 is 5.73 Å². The molecule has 1 unspecified atom stereocenters. The summed E-state index contributed by atoms with van der Waals surface area (Å²) in [6.07, 6.45) is 8.24. The number of nitrogens with two attached hydrogens (primary N) is 1. The van der Waals surface area contributed by atoms with Gasteiger partial charge in [-0.05, 0) is 23.5 Å². The van der Waals surface area contributed by atoms with Crippen LogP contribution in [0.2, 0.25) is 19.6 Å². The molecule has 0 aliphatic heterocycles. The first kappa shape index (κ1) is 13.3. The molecule has 0 saturated heterocycles. The van der Waals surface area contributed by atoms with Crippen molar-refractivity contribution in [3.63, 3.8) is 0 Å². The largest absolute Gasteiger partial charge is 0.326 e. The van der Waals surface area contributed by atoms with Gasteiger partial charge in [-0.15, -0.1) is 0 Å². The number of hydrogen-bond donors (Lipinski definition) is 1. The highest BCUT2D eigenvalue weighted by atomic mass is 28.3. The third kappa shape index (κ3) is 3.21. The molecule has 1 nitrogen and oxygen atoms in total. The van der Waals surface area contributed by atoms with Crippen molar-refractivity contribution < 1.29 is 0 Å². The van der Waals surface area contributed by atoms with Gasteiger partial charge in [0.25, 0.3) is 0 Å². The van der Waals surface area contributed by atoms with Gasteiger partial charge in [-0.2, -0.15) is 0 Å². The Morgan fingerprint density at radius 3 is 2.50 bits per heavy atom. The van der Waals surface area contributed by atoms with Crippen molar-refractivity contribution in [1.29, 1.82) is 0 Å². The van der Waals surface area contributed by atoms with Crippen LogP contribution in [0, 0.1) is 5.92 Å². The summed E-state index contributed by atoms with van der Waals surface area (Å²) in [5.41, 5.74) is 8.30. The summed E-state index contributed by atoms with van der Waals surface area (Å²) in [6, 6.07) is 8.64. The molecule has 0 aromatic heterocycles. The van der Waals surface area contributed by atoms with Gasteiger partial charge in [0.05, 0.1) is 8.07 Å². The van der Waals surface area contributed by atoms with Crippen molar-refractivity contribution in [3.05, 3.63) is 58.8 Å². The smallest absolute Gasteiger partial charge is 0.0771 e. The molecule has 2 N–H and O–H groups in total. The summed E-state index contributed by atoms with van der Waals surface area (Å²) in [4.78, 5) is 0. The van der Waals surface area contributed by atoms with Crippen LogP contribution >= 0.6 is 0 Å². The standard InChI is InChI=1S/C16H23NSi/c1-18(2,3)16-8-7-14(11-16)9-13-5-4-6-15(10-13)12-17/h4-8,10-11,14H,9,12,17H2,1-3H3.